The van der Waals surface area contributed by atoms with E-state index >= 15 is 0 Å². The first-order valence-electron chi connectivity index (χ1n) is 13.7. The Balaban J connectivity index is 2.09. The van der Waals surface area contributed by atoms with Crippen molar-refractivity contribution in [3.8, 4) is 0 Å². The zero-order valence-corrected chi connectivity index (χ0v) is 25.8. The van der Waals surface area contributed by atoms with Gasteiger partial charge in [-0.3, -0.25) is 13.9 Å². The highest BCUT2D eigenvalue weighted by Gasteiger charge is 2.35. The van der Waals surface area contributed by atoms with Gasteiger partial charge < -0.3 is 10.2 Å². The minimum Gasteiger partial charge on any atom is -0.354 e. The lowest BCUT2D eigenvalue weighted by Crippen LogP contribution is -2.53. The molecule has 1 atom stereocenters. The van der Waals surface area contributed by atoms with Crippen LogP contribution in [0, 0.1) is 6.92 Å². The number of halogens is 4. The van der Waals surface area contributed by atoms with Crippen LogP contribution in [0.1, 0.15) is 42.0 Å². The number of alkyl halides is 3. The van der Waals surface area contributed by atoms with Gasteiger partial charge in [0.05, 0.1) is 22.5 Å². The van der Waals surface area contributed by atoms with E-state index in [-0.39, 0.29) is 18.0 Å². The van der Waals surface area contributed by atoms with Crippen LogP contribution in [0.4, 0.5) is 18.9 Å². The molecule has 0 unspecified atom stereocenters. The number of aryl methyl sites for hydroxylation is 1. The van der Waals surface area contributed by atoms with Crippen LogP contribution in [0.3, 0.4) is 0 Å². The number of carbonyl (C=O) groups is 2. The first-order chi connectivity index (χ1) is 20.2. The molecule has 7 nitrogen and oxygen atoms in total. The number of sulfonamides is 1. The molecule has 3 aromatic carbocycles. The first-order valence-corrected chi connectivity index (χ1v) is 15.9. The van der Waals surface area contributed by atoms with Gasteiger partial charge in [-0.15, -0.1) is 0 Å². The van der Waals surface area contributed by atoms with Crippen molar-refractivity contribution in [3.63, 3.8) is 0 Å². The molecule has 2 amide bonds. The summed E-state index contributed by atoms with van der Waals surface area (Å²) in [7, 11) is -4.30. The summed E-state index contributed by atoms with van der Waals surface area (Å²) in [4.78, 5) is 28.9. The van der Waals surface area contributed by atoms with Gasteiger partial charge >= 0.3 is 6.18 Å². The minimum atomic E-state index is -4.78. The maximum atomic E-state index is 14.1. The van der Waals surface area contributed by atoms with Gasteiger partial charge in [-0.2, -0.15) is 13.2 Å². The van der Waals surface area contributed by atoms with E-state index in [4.69, 9.17) is 11.6 Å². The van der Waals surface area contributed by atoms with Gasteiger partial charge in [0.25, 0.3) is 0 Å². The number of hydrogen-bond donors (Lipinski definition) is 1. The fraction of sp³-hybridized carbons (Fsp3) is 0.355. The maximum Gasteiger partial charge on any atom is 0.416 e. The summed E-state index contributed by atoms with van der Waals surface area (Å²) in [5.74, 6) is -1.22. The molecule has 0 saturated heterocycles. The van der Waals surface area contributed by atoms with E-state index in [1.165, 1.54) is 4.90 Å². The lowest BCUT2D eigenvalue weighted by molar-refractivity contribution is -0.140. The quantitative estimate of drug-likeness (QED) is 0.233. The van der Waals surface area contributed by atoms with Crippen molar-refractivity contribution in [2.24, 2.45) is 0 Å². The number of hydrogen-bond acceptors (Lipinski definition) is 4. The van der Waals surface area contributed by atoms with Gasteiger partial charge in [-0.1, -0.05) is 85.1 Å². The second-order valence-electron chi connectivity index (χ2n) is 10.3. The molecule has 12 heteroatoms. The van der Waals surface area contributed by atoms with Crippen molar-refractivity contribution >= 4 is 39.1 Å². The highest BCUT2D eigenvalue weighted by atomic mass is 35.5. The Hall–Kier alpha value is -3.57. The highest BCUT2D eigenvalue weighted by Crippen LogP contribution is 2.36. The average molecular weight is 638 g/mol. The molecule has 3 rings (SSSR count). The zero-order chi connectivity index (χ0) is 31.8. The summed E-state index contributed by atoms with van der Waals surface area (Å²) in [5.41, 5.74) is 0.806. The Kier molecular flexibility index (Phi) is 11.6. The molecular weight excluding hydrogens is 603 g/mol. The van der Waals surface area contributed by atoms with E-state index in [0.717, 1.165) is 35.9 Å². The van der Waals surface area contributed by atoms with E-state index < -0.39 is 51.9 Å². The van der Waals surface area contributed by atoms with Crippen LogP contribution in [0.2, 0.25) is 5.02 Å². The fourth-order valence-electron chi connectivity index (χ4n) is 4.43. The van der Waals surface area contributed by atoms with Gasteiger partial charge in [-0.25, -0.2) is 8.42 Å². The number of unbranched alkanes of at least 4 members (excludes halogenated alkanes) is 1. The number of nitrogens with zero attached hydrogens (tertiary/aromatic N) is 2. The molecular formula is C31H35ClF3N3O4S. The van der Waals surface area contributed by atoms with E-state index in [1.807, 2.05) is 44.2 Å². The predicted molar refractivity (Wildman–Crippen MR) is 162 cm³/mol. The Morgan fingerprint density at radius 2 is 1.63 bits per heavy atom. The largest absolute Gasteiger partial charge is 0.416 e. The molecule has 3 aromatic rings. The van der Waals surface area contributed by atoms with Crippen LogP contribution in [-0.2, 0) is 38.8 Å². The number of amides is 2. The normalized spacial score (nSPS) is 12.4. The van der Waals surface area contributed by atoms with Crippen LogP contribution < -0.4 is 9.62 Å². The lowest BCUT2D eigenvalue weighted by atomic mass is 10.0. The smallest absolute Gasteiger partial charge is 0.354 e. The lowest BCUT2D eigenvalue weighted by Gasteiger charge is -2.33. The summed E-state index contributed by atoms with van der Waals surface area (Å²) >= 11 is 6.18. The summed E-state index contributed by atoms with van der Waals surface area (Å²) in [6, 6.07) is 17.5. The minimum absolute atomic E-state index is 0.0499. The van der Waals surface area contributed by atoms with Crippen molar-refractivity contribution in [2.45, 2.75) is 51.9 Å². The first kappa shape index (κ1) is 33.9. The van der Waals surface area contributed by atoms with Crippen molar-refractivity contribution in [2.75, 3.05) is 23.7 Å². The van der Waals surface area contributed by atoms with Crippen LogP contribution >= 0.6 is 11.6 Å². The van der Waals surface area contributed by atoms with Crippen LogP contribution in [-0.4, -0.2) is 50.5 Å². The summed E-state index contributed by atoms with van der Waals surface area (Å²) in [5, 5.41) is 2.59. The fourth-order valence-corrected chi connectivity index (χ4v) is 5.55. The maximum absolute atomic E-state index is 14.1. The Morgan fingerprint density at radius 3 is 2.21 bits per heavy atom. The van der Waals surface area contributed by atoms with Gasteiger partial charge in [0, 0.05) is 19.5 Å². The SMILES string of the molecule is CCCCNC(=O)[C@@H](Cc1ccccc1)N(Cc1ccc(C)cc1)C(=O)CN(c1cc(C(F)(F)F)ccc1Cl)S(C)(=O)=O. The molecule has 232 valence electrons. The zero-order valence-electron chi connectivity index (χ0n) is 24.2. The molecule has 0 fully saturated rings. The second-order valence-corrected chi connectivity index (χ2v) is 12.6. The molecule has 0 bridgehead atoms. The molecule has 0 radical (unpaired) electrons. The summed E-state index contributed by atoms with van der Waals surface area (Å²) < 4.78 is 66.9. The Bertz CT molecular complexity index is 1500. The molecule has 0 aliphatic carbocycles. The molecule has 43 heavy (non-hydrogen) atoms. The molecule has 0 heterocycles. The second kappa shape index (κ2) is 14.7. The summed E-state index contributed by atoms with van der Waals surface area (Å²) in [6.07, 6.45) is -2.33. The van der Waals surface area contributed by atoms with Crippen LogP contribution in [0.5, 0.6) is 0 Å². The summed E-state index contributed by atoms with van der Waals surface area (Å²) in [6.45, 7) is 3.32. The van der Waals surface area contributed by atoms with E-state index in [2.05, 4.69) is 5.32 Å². The number of nitrogens with one attached hydrogen (secondary N) is 1. The van der Waals surface area contributed by atoms with E-state index in [1.54, 1.807) is 24.3 Å². The van der Waals surface area contributed by atoms with E-state index in [0.29, 0.717) is 28.9 Å². The molecule has 0 spiro atoms. The van der Waals surface area contributed by atoms with Crippen LogP contribution in [0.25, 0.3) is 0 Å². The van der Waals surface area contributed by atoms with Crippen LogP contribution in [0.15, 0.2) is 72.8 Å². The van der Waals surface area contributed by atoms with Gasteiger partial charge in [-0.05, 0) is 42.7 Å². The number of carbonyl (C=O) groups excluding carboxylic acids is 2. The van der Waals surface area contributed by atoms with Gasteiger partial charge in [0.2, 0.25) is 21.8 Å². The Morgan fingerprint density at radius 1 is 0.977 bits per heavy atom. The molecule has 0 saturated carbocycles. The molecule has 1 N–H and O–H groups in total. The van der Waals surface area contributed by atoms with E-state index in [9.17, 15) is 31.2 Å². The van der Waals surface area contributed by atoms with Gasteiger partial charge in [0.1, 0.15) is 12.6 Å². The third-order valence-corrected chi connectivity index (χ3v) is 8.24. The number of anilines is 1. The highest BCUT2D eigenvalue weighted by molar-refractivity contribution is 7.92. The third kappa shape index (κ3) is 9.72. The number of benzene rings is 3. The van der Waals surface area contributed by atoms with Crippen molar-refractivity contribution < 1.29 is 31.2 Å². The molecule has 0 aliphatic heterocycles. The average Bonchev–Trinajstić information content (AvgIpc) is 2.94. The molecule has 0 aliphatic rings. The third-order valence-electron chi connectivity index (χ3n) is 6.80. The monoisotopic (exact) mass is 637 g/mol. The molecule has 0 aromatic heterocycles. The van der Waals surface area contributed by atoms with Crippen molar-refractivity contribution in [1.29, 1.82) is 0 Å². The Labute approximate surface area is 255 Å². The van der Waals surface area contributed by atoms with Crippen molar-refractivity contribution in [3.05, 3.63) is 100 Å². The van der Waals surface area contributed by atoms with Gasteiger partial charge in [0.15, 0.2) is 0 Å². The standard InChI is InChI=1S/C31H35ClF3N3O4S/c1-4-5-17-36-30(40)28(18-23-9-7-6-8-10-23)37(20-24-13-11-22(2)12-14-24)29(39)21-38(43(3,41)42)27-19-25(31(33,34)35)15-16-26(27)32/h6-16,19,28H,4-5,17-18,20-21H2,1-3H3,(H,36,40)/t28-/m1/s1. The van der Waals surface area contributed by atoms with Crippen molar-refractivity contribution in [1.82, 2.24) is 10.2 Å². The number of rotatable bonds is 13. The predicted octanol–water partition coefficient (Wildman–Crippen LogP) is 5.99. The topological polar surface area (TPSA) is 86.8 Å².